The molecule has 1 aromatic heterocycles. The van der Waals surface area contributed by atoms with E-state index < -0.39 is 6.10 Å². The smallest absolute Gasteiger partial charge is 0.227 e. The van der Waals surface area contributed by atoms with Crippen molar-refractivity contribution >= 4 is 0 Å². The Balaban J connectivity index is 1.92. The summed E-state index contributed by atoms with van der Waals surface area (Å²) in [6.45, 7) is 11.3. The summed E-state index contributed by atoms with van der Waals surface area (Å²) in [7, 11) is 0. The molecule has 6 nitrogen and oxygen atoms in total. The number of aliphatic hydroxyl groups is 1. The SMILES string of the molecule is C=CCOC[C@H](O)CN(Cc1c(C)nn(-c2ccccc2)c1Oc1ccc(F)cc1)C(C)C. The van der Waals surface area contributed by atoms with Gasteiger partial charge in [0.15, 0.2) is 0 Å². The summed E-state index contributed by atoms with van der Waals surface area (Å²) in [5.41, 5.74) is 2.58. The first-order valence-electron chi connectivity index (χ1n) is 11.1. The number of para-hydroxylation sites is 1. The van der Waals surface area contributed by atoms with E-state index >= 15 is 0 Å². The van der Waals surface area contributed by atoms with E-state index in [4.69, 9.17) is 14.6 Å². The number of benzene rings is 2. The third-order valence-corrected chi connectivity index (χ3v) is 5.25. The Hall–Kier alpha value is -3.00. The van der Waals surface area contributed by atoms with Gasteiger partial charge >= 0.3 is 0 Å². The number of hydrogen-bond donors (Lipinski definition) is 1. The molecule has 0 aliphatic carbocycles. The fraction of sp³-hybridized carbons (Fsp3) is 0.346. The van der Waals surface area contributed by atoms with Crippen molar-refractivity contribution in [2.24, 2.45) is 0 Å². The van der Waals surface area contributed by atoms with Gasteiger partial charge in [0.1, 0.15) is 11.6 Å². The molecule has 0 amide bonds. The Bertz CT molecular complexity index is 1020. The second-order valence-corrected chi connectivity index (χ2v) is 8.18. The van der Waals surface area contributed by atoms with Gasteiger partial charge in [-0.25, -0.2) is 9.07 Å². The minimum absolute atomic E-state index is 0.164. The Morgan fingerprint density at radius 1 is 1.15 bits per heavy atom. The van der Waals surface area contributed by atoms with Crippen molar-refractivity contribution in [2.45, 2.75) is 39.5 Å². The zero-order valence-corrected chi connectivity index (χ0v) is 19.4. The molecule has 3 aromatic rings. The van der Waals surface area contributed by atoms with Crippen LogP contribution in [0.4, 0.5) is 4.39 Å². The van der Waals surface area contributed by atoms with Crippen LogP contribution >= 0.6 is 0 Å². The van der Waals surface area contributed by atoms with E-state index in [2.05, 4.69) is 25.3 Å². The maximum Gasteiger partial charge on any atom is 0.227 e. The minimum Gasteiger partial charge on any atom is -0.439 e. The highest BCUT2D eigenvalue weighted by Gasteiger charge is 2.24. The van der Waals surface area contributed by atoms with Crippen LogP contribution in [0.3, 0.4) is 0 Å². The lowest BCUT2D eigenvalue weighted by Gasteiger charge is -2.29. The number of rotatable bonds is 12. The van der Waals surface area contributed by atoms with Crippen molar-refractivity contribution in [2.75, 3.05) is 19.8 Å². The molecule has 33 heavy (non-hydrogen) atoms. The van der Waals surface area contributed by atoms with Gasteiger partial charge in [0, 0.05) is 19.1 Å². The molecular formula is C26H32FN3O3. The lowest BCUT2D eigenvalue weighted by molar-refractivity contribution is 0.0177. The maximum absolute atomic E-state index is 13.4. The summed E-state index contributed by atoms with van der Waals surface area (Å²) in [5, 5.41) is 15.2. The molecule has 0 aliphatic rings. The van der Waals surface area contributed by atoms with E-state index in [1.807, 2.05) is 37.3 Å². The van der Waals surface area contributed by atoms with Gasteiger partial charge in [-0.1, -0.05) is 24.3 Å². The lowest BCUT2D eigenvalue weighted by Crippen LogP contribution is -2.39. The van der Waals surface area contributed by atoms with Crippen molar-refractivity contribution in [3.05, 3.63) is 84.3 Å². The molecule has 0 unspecified atom stereocenters. The minimum atomic E-state index is -0.640. The molecule has 7 heteroatoms. The standard InChI is InChI=1S/C26H32FN3O3/c1-5-15-32-18-23(31)16-29(19(2)3)17-25-20(4)28-30(22-9-7-6-8-10-22)26(25)33-24-13-11-21(27)12-14-24/h5-14,19,23,31H,1,15-18H2,2-4H3/t23-/m1/s1. The first-order chi connectivity index (χ1) is 15.9. The lowest BCUT2D eigenvalue weighted by atomic mass is 10.2. The zero-order chi connectivity index (χ0) is 23.8. The summed E-state index contributed by atoms with van der Waals surface area (Å²) < 4.78 is 26.8. The molecule has 0 saturated heterocycles. The van der Waals surface area contributed by atoms with Gasteiger partial charge in [-0.05, 0) is 57.2 Å². The Morgan fingerprint density at radius 3 is 2.48 bits per heavy atom. The summed E-state index contributed by atoms with van der Waals surface area (Å²) in [5.74, 6) is 0.756. The van der Waals surface area contributed by atoms with Gasteiger partial charge in [0.05, 0.1) is 36.3 Å². The highest BCUT2D eigenvalue weighted by Crippen LogP contribution is 2.32. The van der Waals surface area contributed by atoms with Crippen molar-refractivity contribution in [3.8, 4) is 17.3 Å². The van der Waals surface area contributed by atoms with Gasteiger partial charge in [-0.3, -0.25) is 4.90 Å². The average Bonchev–Trinajstić information content (AvgIpc) is 3.10. The fourth-order valence-corrected chi connectivity index (χ4v) is 3.46. The summed E-state index contributed by atoms with van der Waals surface area (Å²) in [6, 6.07) is 15.8. The maximum atomic E-state index is 13.4. The first kappa shape index (κ1) is 24.6. The number of aliphatic hydroxyl groups excluding tert-OH is 1. The van der Waals surface area contributed by atoms with Gasteiger partial charge in [-0.2, -0.15) is 5.10 Å². The van der Waals surface area contributed by atoms with Crippen LogP contribution in [0.1, 0.15) is 25.1 Å². The van der Waals surface area contributed by atoms with E-state index in [9.17, 15) is 9.50 Å². The summed E-state index contributed by atoms with van der Waals surface area (Å²) in [6.07, 6.45) is 1.02. The van der Waals surface area contributed by atoms with E-state index in [1.165, 1.54) is 12.1 Å². The van der Waals surface area contributed by atoms with Crippen LogP contribution in [-0.2, 0) is 11.3 Å². The van der Waals surface area contributed by atoms with Gasteiger partial charge < -0.3 is 14.6 Å². The number of hydrogen-bond acceptors (Lipinski definition) is 5. The Kier molecular flexibility index (Phi) is 8.77. The molecule has 0 fully saturated rings. The zero-order valence-electron chi connectivity index (χ0n) is 19.4. The molecule has 3 rings (SSSR count). The van der Waals surface area contributed by atoms with Crippen molar-refractivity contribution in [3.63, 3.8) is 0 Å². The largest absolute Gasteiger partial charge is 0.439 e. The molecular weight excluding hydrogens is 421 g/mol. The Labute approximate surface area is 194 Å². The molecule has 1 atom stereocenters. The molecule has 1 N–H and O–H groups in total. The van der Waals surface area contributed by atoms with Crippen LogP contribution in [0.5, 0.6) is 11.6 Å². The predicted molar refractivity (Wildman–Crippen MR) is 127 cm³/mol. The molecule has 0 spiro atoms. The van der Waals surface area contributed by atoms with Crippen molar-refractivity contribution in [1.82, 2.24) is 14.7 Å². The van der Waals surface area contributed by atoms with Gasteiger partial charge in [-0.15, -0.1) is 6.58 Å². The number of aryl methyl sites for hydroxylation is 1. The number of halogens is 1. The third-order valence-electron chi connectivity index (χ3n) is 5.25. The van der Waals surface area contributed by atoms with E-state index in [0.717, 1.165) is 16.9 Å². The fourth-order valence-electron chi connectivity index (χ4n) is 3.46. The van der Waals surface area contributed by atoms with Crippen LogP contribution in [0.25, 0.3) is 5.69 Å². The summed E-state index contributed by atoms with van der Waals surface area (Å²) in [4.78, 5) is 2.15. The van der Waals surface area contributed by atoms with Crippen molar-refractivity contribution in [1.29, 1.82) is 0 Å². The highest BCUT2D eigenvalue weighted by molar-refractivity contribution is 5.43. The van der Waals surface area contributed by atoms with E-state index in [-0.39, 0.29) is 18.5 Å². The predicted octanol–water partition coefficient (Wildman–Crippen LogP) is 4.89. The summed E-state index contributed by atoms with van der Waals surface area (Å²) >= 11 is 0. The van der Waals surface area contributed by atoms with Crippen molar-refractivity contribution < 1.29 is 19.0 Å². The molecule has 0 radical (unpaired) electrons. The second kappa shape index (κ2) is 11.7. The monoisotopic (exact) mass is 453 g/mol. The van der Waals surface area contributed by atoms with Crippen LogP contribution in [-0.4, -0.2) is 51.7 Å². The second-order valence-electron chi connectivity index (χ2n) is 8.18. The average molecular weight is 454 g/mol. The molecule has 0 saturated carbocycles. The highest BCUT2D eigenvalue weighted by atomic mass is 19.1. The first-order valence-corrected chi connectivity index (χ1v) is 11.1. The topological polar surface area (TPSA) is 59.8 Å². The molecule has 1 heterocycles. The molecule has 176 valence electrons. The van der Waals surface area contributed by atoms with E-state index in [1.54, 1.807) is 22.9 Å². The Morgan fingerprint density at radius 2 is 1.85 bits per heavy atom. The van der Waals surface area contributed by atoms with Crippen LogP contribution in [0.15, 0.2) is 67.3 Å². The van der Waals surface area contributed by atoms with E-state index in [0.29, 0.717) is 31.3 Å². The van der Waals surface area contributed by atoms with Crippen LogP contribution in [0, 0.1) is 12.7 Å². The normalized spacial score (nSPS) is 12.3. The molecule has 0 bridgehead atoms. The number of ether oxygens (including phenoxy) is 2. The van der Waals surface area contributed by atoms with Crippen LogP contribution in [0.2, 0.25) is 0 Å². The van der Waals surface area contributed by atoms with Crippen LogP contribution < -0.4 is 4.74 Å². The quantitative estimate of drug-likeness (QED) is 0.313. The number of aromatic nitrogens is 2. The number of nitrogens with zero attached hydrogens (tertiary/aromatic N) is 3. The molecule has 2 aromatic carbocycles. The molecule has 0 aliphatic heterocycles. The third kappa shape index (κ3) is 6.74. The van der Waals surface area contributed by atoms with Gasteiger partial charge in [0.2, 0.25) is 5.88 Å². The van der Waals surface area contributed by atoms with Gasteiger partial charge in [0.25, 0.3) is 0 Å².